The molecule has 4 rings (SSSR count). The zero-order valence-electron chi connectivity index (χ0n) is 15.1. The van der Waals surface area contributed by atoms with Gasteiger partial charge in [0.15, 0.2) is 5.11 Å². The normalized spacial score (nSPS) is 19.5. The van der Waals surface area contributed by atoms with Crippen molar-refractivity contribution in [2.75, 3.05) is 0 Å². The third-order valence-electron chi connectivity index (χ3n) is 5.00. The summed E-state index contributed by atoms with van der Waals surface area (Å²) >= 11 is 5.36. The summed E-state index contributed by atoms with van der Waals surface area (Å²) in [7, 11) is 0. The standard InChI is InChI=1S/C20H16N4O4S/c25-23(26)15-5-1-3-12(10-15)9-14-7-8-17-18(21-20(29)22-19(14)17)13-4-2-6-16(11-13)24(27)28/h1-6,9-11,18H,7-8H2,(H2,21,22,29)/b14-9+. The van der Waals surface area contributed by atoms with E-state index in [9.17, 15) is 20.2 Å². The van der Waals surface area contributed by atoms with Crippen molar-refractivity contribution in [1.82, 2.24) is 10.6 Å². The first-order valence-corrected chi connectivity index (χ1v) is 9.33. The molecule has 9 heteroatoms. The van der Waals surface area contributed by atoms with E-state index in [1.54, 1.807) is 18.2 Å². The smallest absolute Gasteiger partial charge is 0.270 e. The lowest BCUT2D eigenvalue weighted by atomic mass is 9.95. The van der Waals surface area contributed by atoms with Crippen LogP contribution in [0.2, 0.25) is 0 Å². The number of allylic oxidation sites excluding steroid dienone is 1. The van der Waals surface area contributed by atoms with Crippen molar-refractivity contribution >= 4 is 34.8 Å². The maximum absolute atomic E-state index is 11.1. The van der Waals surface area contributed by atoms with Gasteiger partial charge in [-0.15, -0.1) is 0 Å². The Bertz CT molecular complexity index is 1110. The van der Waals surface area contributed by atoms with Gasteiger partial charge in [-0.25, -0.2) is 0 Å². The summed E-state index contributed by atoms with van der Waals surface area (Å²) in [6.07, 6.45) is 3.42. The molecular formula is C20H16N4O4S. The molecule has 0 spiro atoms. The van der Waals surface area contributed by atoms with Gasteiger partial charge >= 0.3 is 0 Å². The third kappa shape index (κ3) is 3.72. The van der Waals surface area contributed by atoms with Gasteiger partial charge in [-0.05, 0) is 53.4 Å². The molecule has 1 aliphatic carbocycles. The molecule has 0 amide bonds. The number of nitrogens with one attached hydrogen (secondary N) is 2. The van der Waals surface area contributed by atoms with E-state index in [0.29, 0.717) is 5.11 Å². The number of benzene rings is 2. The van der Waals surface area contributed by atoms with Crippen molar-refractivity contribution < 1.29 is 9.85 Å². The topological polar surface area (TPSA) is 110 Å². The third-order valence-corrected chi connectivity index (χ3v) is 5.22. The molecule has 2 aromatic rings. The average molecular weight is 408 g/mol. The molecule has 2 aromatic carbocycles. The first kappa shape index (κ1) is 18.8. The predicted molar refractivity (Wildman–Crippen MR) is 112 cm³/mol. The Kier molecular flexibility index (Phi) is 4.81. The van der Waals surface area contributed by atoms with Gasteiger partial charge in [0.05, 0.1) is 15.9 Å². The maximum atomic E-state index is 11.1. The van der Waals surface area contributed by atoms with E-state index in [1.807, 2.05) is 18.2 Å². The van der Waals surface area contributed by atoms with Crippen molar-refractivity contribution in [3.63, 3.8) is 0 Å². The second-order valence-corrected chi connectivity index (χ2v) is 7.21. The van der Waals surface area contributed by atoms with E-state index in [-0.39, 0.29) is 17.4 Å². The largest absolute Gasteiger partial charge is 0.352 e. The summed E-state index contributed by atoms with van der Waals surface area (Å²) in [5, 5.41) is 29.0. The molecule has 29 heavy (non-hydrogen) atoms. The van der Waals surface area contributed by atoms with Crippen molar-refractivity contribution in [1.29, 1.82) is 0 Å². The molecule has 8 nitrogen and oxygen atoms in total. The van der Waals surface area contributed by atoms with Gasteiger partial charge in [0.25, 0.3) is 11.4 Å². The molecule has 2 aliphatic rings. The van der Waals surface area contributed by atoms with Crippen LogP contribution in [0.25, 0.3) is 6.08 Å². The van der Waals surface area contributed by atoms with E-state index in [4.69, 9.17) is 12.2 Å². The Morgan fingerprint density at radius 3 is 2.41 bits per heavy atom. The minimum absolute atomic E-state index is 0.0289. The molecule has 0 fully saturated rings. The SMILES string of the molecule is O=[N+]([O-])c1cccc(/C=C2\CCC3=C2NC(=S)NC3c2cccc([N+](=O)[O-])c2)c1. The molecular weight excluding hydrogens is 392 g/mol. The fourth-order valence-electron chi connectivity index (χ4n) is 3.72. The zero-order chi connectivity index (χ0) is 20.5. The Morgan fingerprint density at radius 2 is 1.69 bits per heavy atom. The van der Waals surface area contributed by atoms with Crippen LogP contribution in [0.15, 0.2) is 65.4 Å². The number of nitro groups is 2. The van der Waals surface area contributed by atoms with Crippen LogP contribution < -0.4 is 10.6 Å². The Labute approximate surface area is 171 Å². The number of rotatable bonds is 4. The lowest BCUT2D eigenvalue weighted by molar-refractivity contribution is -0.385. The molecule has 0 radical (unpaired) electrons. The van der Waals surface area contributed by atoms with Crippen LogP contribution in [0.1, 0.15) is 30.0 Å². The van der Waals surface area contributed by atoms with Crippen molar-refractivity contribution in [2.45, 2.75) is 18.9 Å². The van der Waals surface area contributed by atoms with Gasteiger partial charge in [-0.1, -0.05) is 24.3 Å². The Balaban J connectivity index is 1.72. The van der Waals surface area contributed by atoms with Crippen LogP contribution >= 0.6 is 12.2 Å². The van der Waals surface area contributed by atoms with Crippen molar-refractivity contribution in [3.8, 4) is 0 Å². The number of non-ortho nitro benzene ring substituents is 2. The van der Waals surface area contributed by atoms with Gasteiger partial charge in [-0.3, -0.25) is 20.2 Å². The van der Waals surface area contributed by atoms with Gasteiger partial charge in [-0.2, -0.15) is 0 Å². The summed E-state index contributed by atoms with van der Waals surface area (Å²) in [5.74, 6) is 0. The molecule has 2 N–H and O–H groups in total. The molecule has 1 heterocycles. The van der Waals surface area contributed by atoms with E-state index >= 15 is 0 Å². The van der Waals surface area contributed by atoms with Gasteiger partial charge in [0, 0.05) is 30.0 Å². The highest BCUT2D eigenvalue weighted by Crippen LogP contribution is 2.41. The number of nitro benzene ring substituents is 2. The lowest BCUT2D eigenvalue weighted by Crippen LogP contribution is -2.42. The number of hydrogen-bond donors (Lipinski definition) is 2. The summed E-state index contributed by atoms with van der Waals surface area (Å²) in [6.45, 7) is 0. The van der Waals surface area contributed by atoms with Crippen LogP contribution in [0.4, 0.5) is 11.4 Å². The maximum Gasteiger partial charge on any atom is 0.270 e. The zero-order valence-corrected chi connectivity index (χ0v) is 15.9. The minimum Gasteiger partial charge on any atom is -0.352 e. The monoisotopic (exact) mass is 408 g/mol. The molecule has 0 saturated heterocycles. The summed E-state index contributed by atoms with van der Waals surface area (Å²) < 4.78 is 0. The van der Waals surface area contributed by atoms with Crippen LogP contribution in [0.3, 0.4) is 0 Å². The highest BCUT2D eigenvalue weighted by atomic mass is 32.1. The lowest BCUT2D eigenvalue weighted by Gasteiger charge is -2.29. The second-order valence-electron chi connectivity index (χ2n) is 6.81. The summed E-state index contributed by atoms with van der Waals surface area (Å²) in [6, 6.07) is 12.7. The Morgan fingerprint density at radius 1 is 1.00 bits per heavy atom. The van der Waals surface area contributed by atoms with E-state index in [2.05, 4.69) is 10.6 Å². The molecule has 1 atom stereocenters. The fourth-order valence-corrected chi connectivity index (χ4v) is 3.94. The molecule has 0 bridgehead atoms. The van der Waals surface area contributed by atoms with Gasteiger partial charge in [0.2, 0.25) is 0 Å². The van der Waals surface area contributed by atoms with Crippen LogP contribution in [0.5, 0.6) is 0 Å². The number of hydrogen-bond acceptors (Lipinski definition) is 5. The van der Waals surface area contributed by atoms with Crippen molar-refractivity contribution in [3.05, 3.63) is 96.7 Å². The van der Waals surface area contributed by atoms with Gasteiger partial charge < -0.3 is 10.6 Å². The molecule has 1 aliphatic heterocycles. The van der Waals surface area contributed by atoms with E-state index < -0.39 is 9.85 Å². The predicted octanol–water partition coefficient (Wildman–Crippen LogP) is 4.15. The fraction of sp³-hybridized carbons (Fsp3) is 0.150. The van der Waals surface area contributed by atoms with Crippen LogP contribution in [-0.2, 0) is 0 Å². The number of nitrogens with zero attached hydrogens (tertiary/aromatic N) is 2. The van der Waals surface area contributed by atoms with E-state index in [1.165, 1.54) is 18.2 Å². The Hall–Kier alpha value is -3.59. The first-order chi connectivity index (χ1) is 13.9. The molecule has 0 saturated carbocycles. The second kappa shape index (κ2) is 7.44. The highest BCUT2D eigenvalue weighted by molar-refractivity contribution is 7.80. The van der Waals surface area contributed by atoms with Crippen LogP contribution in [0, 0.1) is 20.2 Å². The molecule has 146 valence electrons. The molecule has 1 unspecified atom stereocenters. The number of thiocarbonyl (C=S) groups is 1. The van der Waals surface area contributed by atoms with Gasteiger partial charge in [0.1, 0.15) is 0 Å². The van der Waals surface area contributed by atoms with E-state index in [0.717, 1.165) is 40.8 Å². The molecule has 0 aromatic heterocycles. The highest BCUT2D eigenvalue weighted by Gasteiger charge is 2.32. The van der Waals surface area contributed by atoms with Crippen LogP contribution in [-0.4, -0.2) is 15.0 Å². The first-order valence-electron chi connectivity index (χ1n) is 8.92. The minimum atomic E-state index is -0.419. The average Bonchev–Trinajstić information content (AvgIpc) is 3.10. The quantitative estimate of drug-likeness (QED) is 0.444. The summed E-state index contributed by atoms with van der Waals surface area (Å²) in [5.41, 5.74) is 4.52. The summed E-state index contributed by atoms with van der Waals surface area (Å²) in [4.78, 5) is 21.3. The van der Waals surface area contributed by atoms with Crippen molar-refractivity contribution in [2.24, 2.45) is 0 Å².